The summed E-state index contributed by atoms with van der Waals surface area (Å²) < 4.78 is 0. The molecule has 0 aliphatic heterocycles. The number of hydrogen-bond donors (Lipinski definition) is 1. The van der Waals surface area contributed by atoms with Crippen LogP contribution in [0.15, 0.2) is 0 Å². The molecule has 6 heteroatoms. The van der Waals surface area contributed by atoms with Gasteiger partial charge in [-0.3, -0.25) is 4.70 Å². The normalized spacial score (nSPS) is 0. The third kappa shape index (κ3) is 434. The molecule has 0 saturated heterocycles. The van der Waals surface area contributed by atoms with Crippen molar-refractivity contribution in [2.45, 2.75) is 0 Å². The van der Waals surface area contributed by atoms with Crippen molar-refractivity contribution in [2.75, 3.05) is 0 Å². The molecule has 6 heavy (non-hydrogen) atoms. The zero-order chi connectivity index (χ0) is 0. The van der Waals surface area contributed by atoms with E-state index in [0.717, 1.165) is 0 Å². The van der Waals surface area contributed by atoms with E-state index in [1.807, 2.05) is 0 Å². The third-order valence-corrected chi connectivity index (χ3v) is 0. The number of rotatable bonds is 0. The summed E-state index contributed by atoms with van der Waals surface area (Å²) in [6.07, 6.45) is 0. The van der Waals surface area contributed by atoms with Gasteiger partial charge in [0.25, 0.3) is 0 Å². The minimum Gasteiger partial charge on any atom is -1.00 e. The molecule has 0 saturated carbocycles. The molecule has 0 aliphatic rings. The predicted molar refractivity (Wildman–Crippen MR) is 13.3 cm³/mol. The molecule has 0 aromatic carbocycles. The Morgan fingerprint density at radius 1 is 0.667 bits per heavy atom. The van der Waals surface area contributed by atoms with Crippen LogP contribution in [0.5, 0.6) is 0 Å². The Bertz CT molecular complexity index is 7.51. The van der Waals surface area contributed by atoms with Gasteiger partial charge < -0.3 is 20.3 Å². The summed E-state index contributed by atoms with van der Waals surface area (Å²) in [6, 6.07) is 0. The summed E-state index contributed by atoms with van der Waals surface area (Å²) in [6.45, 7) is 0. The van der Waals surface area contributed by atoms with Gasteiger partial charge in [0.05, 0.1) is 0 Å². The Hall–Kier alpha value is -0.255. The van der Waals surface area contributed by atoms with Gasteiger partial charge in [0.1, 0.15) is 0 Å². The van der Waals surface area contributed by atoms with E-state index in [1.165, 1.54) is 0 Å². The van der Waals surface area contributed by atoms with Crippen LogP contribution in [0.2, 0.25) is 0 Å². The Morgan fingerprint density at radius 2 is 0.667 bits per heavy atom. The molecule has 0 aromatic heterocycles. The van der Waals surface area contributed by atoms with Crippen molar-refractivity contribution in [3.05, 3.63) is 0 Å². The Kier molecular flexibility index (Phi) is 339000. The van der Waals surface area contributed by atoms with Crippen molar-refractivity contribution < 1.29 is 18.8 Å². The van der Waals surface area contributed by atoms with Crippen LogP contribution in [0.25, 0.3) is 0 Å². The smallest absolute Gasteiger partial charge is 1.00 e. The topological polar surface area (TPSA) is 35.0 Å². The van der Waals surface area contributed by atoms with Crippen LogP contribution in [-0.4, -0.2) is 8.41 Å². The average molecular weight is 105 g/mol. The van der Waals surface area contributed by atoms with Gasteiger partial charge in [0.15, 0.2) is 0 Å². The molecule has 0 amide bonds. The first kappa shape index (κ1) is 1990. The average Bonchev–Trinajstić information content (AvgIpc) is 0. The van der Waals surface area contributed by atoms with E-state index in [-0.39, 0.29) is 33.4 Å². The number of hydrogen-bond acceptors (Lipinski definition) is 1. The second-order valence-electron chi connectivity index (χ2n) is 0. The second-order valence-corrected chi connectivity index (χ2v) is 0. The Labute approximate surface area is 34.7 Å². The van der Waals surface area contributed by atoms with Crippen LogP contribution in [0, 0.1) is 0 Å². The molecule has 0 aromatic rings. The minimum atomic E-state index is 0. The Balaban J connectivity index is 0. The molecule has 0 spiro atoms. The predicted octanol–water partition coefficient (Wildman–Crippen LogP) is -9.05. The first-order chi connectivity index (χ1) is 0. The molecule has 0 atom stereocenters. The third-order valence-electron chi connectivity index (χ3n) is 0. The van der Waals surface area contributed by atoms with Crippen LogP contribution in [0.1, 0.15) is 0 Å². The summed E-state index contributed by atoms with van der Waals surface area (Å²) in [5.41, 5.74) is 0. The molecule has 0 radical (unpaired) electrons. The molecule has 0 fully saturated rings. The number of halogens is 4. The zero-order valence-corrected chi connectivity index (χ0v) is 2.83. The van der Waals surface area contributed by atoms with E-state index in [0.29, 0.717) is 0 Å². The maximum absolute atomic E-state index is 0. The summed E-state index contributed by atoms with van der Waals surface area (Å²) in [7, 11) is 0. The van der Waals surface area contributed by atoms with Crippen molar-refractivity contribution in [3.8, 4) is 0 Å². The molecule has 0 bridgehead atoms. The molecule has 0 heterocycles. The molecule has 0 aliphatic carbocycles. The fraction of sp³-hybridized carbons (Fsp3) is 0. The fourth-order valence-corrected chi connectivity index (χ4v) is 0. The summed E-state index contributed by atoms with van der Waals surface area (Å²) >= 11 is 0. The van der Waals surface area contributed by atoms with E-state index >= 15 is 0 Å². The van der Waals surface area contributed by atoms with Gasteiger partial charge in [0.2, 0.25) is 0 Å². The summed E-state index contributed by atoms with van der Waals surface area (Å²) in [5, 5.41) is 0. The molecule has 3 N–H and O–H groups in total. The summed E-state index contributed by atoms with van der Waals surface area (Å²) in [4.78, 5) is 0. The minimum absolute atomic E-state index is 0. The Morgan fingerprint density at radius 3 is 0.667 bits per heavy atom. The fourth-order valence-electron chi connectivity index (χ4n) is 0. The largest absolute Gasteiger partial charge is 3.00 e. The molecule has 40 valence electrons. The van der Waals surface area contributed by atoms with Crippen LogP contribution in [-0.2, 0) is 0 Å². The van der Waals surface area contributed by atoms with Crippen molar-refractivity contribution in [1.29, 1.82) is 0 Å². The van der Waals surface area contributed by atoms with E-state index in [4.69, 9.17) is 0 Å². The van der Waals surface area contributed by atoms with Gasteiger partial charge in [0, 0.05) is 0 Å². The van der Waals surface area contributed by atoms with E-state index in [2.05, 4.69) is 0 Å². The molecule has 0 unspecified atom stereocenters. The van der Waals surface area contributed by atoms with Gasteiger partial charge in [-0.2, -0.15) is 0 Å². The van der Waals surface area contributed by atoms with Crippen molar-refractivity contribution in [3.63, 3.8) is 0 Å². The van der Waals surface area contributed by atoms with Gasteiger partial charge in [-0.1, -0.05) is 0 Å². The van der Waals surface area contributed by atoms with Gasteiger partial charge >= 0.3 is 8.41 Å². The van der Waals surface area contributed by atoms with Crippen LogP contribution >= 0.6 is 0 Å². The van der Waals surface area contributed by atoms with Crippen molar-refractivity contribution >= 4 is 8.41 Å². The molecule has 1 nitrogen and oxygen atoms in total. The van der Waals surface area contributed by atoms with E-state index in [1.54, 1.807) is 0 Å². The molecule has 0 rings (SSSR count). The standard InChI is InChI=1S/B.4FH.H3N/h;4*1H;1H3/q+3;;;;;/p-3. The van der Waals surface area contributed by atoms with E-state index < -0.39 is 0 Å². The van der Waals surface area contributed by atoms with Gasteiger partial charge in [-0.25, -0.2) is 0 Å². The van der Waals surface area contributed by atoms with Gasteiger partial charge in [-0.05, 0) is 0 Å². The first-order valence-corrected chi connectivity index (χ1v) is 0. The first-order valence-electron chi connectivity index (χ1n) is 0. The van der Waals surface area contributed by atoms with Gasteiger partial charge in [-0.15, -0.1) is 0 Å². The van der Waals surface area contributed by atoms with Crippen LogP contribution in [0.3, 0.4) is 0 Å². The zero-order valence-electron chi connectivity index (χ0n) is 2.83. The van der Waals surface area contributed by atoms with Crippen molar-refractivity contribution in [2.24, 2.45) is 0 Å². The van der Waals surface area contributed by atoms with Crippen LogP contribution in [0.4, 0.5) is 4.70 Å². The monoisotopic (exact) mass is 105 g/mol. The summed E-state index contributed by atoms with van der Waals surface area (Å²) in [5.74, 6) is 0. The quantitative estimate of drug-likeness (QED) is 0.241. The SMILES string of the molecule is F.N.[B+3].[F-].[F-].[F-]. The molecular weight excluding hydrogens is 101 g/mol. The maximum Gasteiger partial charge on any atom is 3.00 e. The maximum atomic E-state index is 0. The second kappa shape index (κ2) is 1020. The van der Waals surface area contributed by atoms with Crippen LogP contribution < -0.4 is 20.3 Å². The molecular formula is H4BF4N. The van der Waals surface area contributed by atoms with Crippen molar-refractivity contribution in [1.82, 2.24) is 6.15 Å². The van der Waals surface area contributed by atoms with E-state index in [9.17, 15) is 0 Å².